The van der Waals surface area contributed by atoms with Crippen LogP contribution in [0.15, 0.2) is 30.3 Å². The third-order valence-electron chi connectivity index (χ3n) is 2.82. The van der Waals surface area contributed by atoms with Gasteiger partial charge in [-0.25, -0.2) is 4.68 Å². The fraction of sp³-hybridized carbons (Fsp3) is 0.308. The van der Waals surface area contributed by atoms with Crippen molar-refractivity contribution in [2.24, 2.45) is 0 Å². The molecule has 0 amide bonds. The number of nitrogens with zero attached hydrogens (tertiary/aromatic N) is 2. The zero-order chi connectivity index (χ0) is 14.2. The van der Waals surface area contributed by atoms with Gasteiger partial charge in [-0.15, -0.1) is 0 Å². The van der Waals surface area contributed by atoms with E-state index >= 15 is 0 Å². The third kappa shape index (κ3) is 2.72. The van der Waals surface area contributed by atoms with Crippen LogP contribution in [0.3, 0.4) is 0 Å². The van der Waals surface area contributed by atoms with Gasteiger partial charge >= 0.3 is 6.18 Å². The molecule has 0 atom stereocenters. The predicted octanol–water partition coefficient (Wildman–Crippen LogP) is 3.60. The first-order valence-corrected chi connectivity index (χ1v) is 5.82. The average Bonchev–Trinajstić information content (AvgIpc) is 2.71. The molecular weight excluding hydrogens is 255 g/mol. The van der Waals surface area contributed by atoms with Gasteiger partial charge in [0.05, 0.1) is 5.69 Å². The fourth-order valence-electron chi connectivity index (χ4n) is 1.80. The number of nitrogens with two attached hydrogens (primary N) is 1. The van der Waals surface area contributed by atoms with Crippen LogP contribution in [0.4, 0.5) is 19.0 Å². The van der Waals surface area contributed by atoms with Gasteiger partial charge in [-0.2, -0.15) is 18.3 Å². The lowest BCUT2D eigenvalue weighted by Crippen LogP contribution is -2.13. The second kappa shape index (κ2) is 4.60. The summed E-state index contributed by atoms with van der Waals surface area (Å²) in [6.45, 7) is 4.03. The zero-order valence-electron chi connectivity index (χ0n) is 10.6. The summed E-state index contributed by atoms with van der Waals surface area (Å²) in [5.74, 6) is 0.166. The minimum absolute atomic E-state index is 0.153. The Labute approximate surface area is 108 Å². The minimum Gasteiger partial charge on any atom is -0.382 e. The molecule has 1 aromatic heterocycles. The molecule has 2 rings (SSSR count). The summed E-state index contributed by atoms with van der Waals surface area (Å²) in [6.07, 6.45) is -4.48. The highest BCUT2D eigenvalue weighted by molar-refractivity contribution is 5.41. The highest BCUT2D eigenvalue weighted by atomic mass is 19.4. The van der Waals surface area contributed by atoms with Crippen molar-refractivity contribution in [2.75, 3.05) is 5.73 Å². The Balaban J connectivity index is 2.47. The van der Waals surface area contributed by atoms with Crippen molar-refractivity contribution in [3.8, 4) is 5.69 Å². The SMILES string of the molecule is CC(C)c1ccc(-n2nc(N)cc2C(F)(F)F)cc1. The van der Waals surface area contributed by atoms with Crippen LogP contribution in [-0.4, -0.2) is 9.78 Å². The topological polar surface area (TPSA) is 43.8 Å². The molecule has 0 fully saturated rings. The van der Waals surface area contributed by atoms with Crippen molar-refractivity contribution in [3.05, 3.63) is 41.6 Å². The number of aromatic nitrogens is 2. The van der Waals surface area contributed by atoms with Crippen LogP contribution < -0.4 is 5.73 Å². The van der Waals surface area contributed by atoms with E-state index in [1.165, 1.54) is 0 Å². The van der Waals surface area contributed by atoms with E-state index in [2.05, 4.69) is 5.10 Å². The number of rotatable bonds is 2. The zero-order valence-corrected chi connectivity index (χ0v) is 10.6. The lowest BCUT2D eigenvalue weighted by molar-refractivity contribution is -0.142. The summed E-state index contributed by atoms with van der Waals surface area (Å²) in [5, 5.41) is 3.70. The Hall–Kier alpha value is -1.98. The van der Waals surface area contributed by atoms with Crippen molar-refractivity contribution in [1.82, 2.24) is 9.78 Å². The van der Waals surface area contributed by atoms with Crippen LogP contribution >= 0.6 is 0 Å². The molecular formula is C13H14F3N3. The Morgan fingerprint density at radius 2 is 1.74 bits per heavy atom. The molecule has 2 N–H and O–H groups in total. The fourth-order valence-corrected chi connectivity index (χ4v) is 1.80. The molecule has 0 aliphatic carbocycles. The van der Waals surface area contributed by atoms with E-state index in [4.69, 9.17) is 5.73 Å². The maximum absolute atomic E-state index is 12.8. The first-order valence-electron chi connectivity index (χ1n) is 5.82. The lowest BCUT2D eigenvalue weighted by atomic mass is 10.0. The summed E-state index contributed by atoms with van der Waals surface area (Å²) in [6, 6.07) is 7.63. The second-order valence-electron chi connectivity index (χ2n) is 4.61. The monoisotopic (exact) mass is 269 g/mol. The van der Waals surface area contributed by atoms with E-state index in [1.807, 2.05) is 13.8 Å². The van der Waals surface area contributed by atoms with Gasteiger partial charge < -0.3 is 5.73 Å². The molecule has 6 heteroatoms. The standard InChI is InChI=1S/C13H14F3N3/c1-8(2)9-3-5-10(6-4-9)19-11(13(14,15)16)7-12(17)18-19/h3-8H,1-2H3,(H2,17,18). The largest absolute Gasteiger partial charge is 0.433 e. The highest BCUT2D eigenvalue weighted by Crippen LogP contribution is 2.32. The van der Waals surface area contributed by atoms with Gasteiger partial charge in [-0.05, 0) is 23.6 Å². The predicted molar refractivity (Wildman–Crippen MR) is 67.1 cm³/mol. The highest BCUT2D eigenvalue weighted by Gasteiger charge is 2.36. The van der Waals surface area contributed by atoms with Crippen molar-refractivity contribution in [2.45, 2.75) is 25.9 Å². The van der Waals surface area contributed by atoms with Gasteiger partial charge in [0.25, 0.3) is 0 Å². The second-order valence-corrected chi connectivity index (χ2v) is 4.61. The summed E-state index contributed by atoms with van der Waals surface area (Å²) in [5.41, 5.74) is 5.88. The smallest absolute Gasteiger partial charge is 0.382 e. The number of hydrogen-bond acceptors (Lipinski definition) is 2. The van der Waals surface area contributed by atoms with Crippen LogP contribution in [0.5, 0.6) is 0 Å². The summed E-state index contributed by atoms with van der Waals surface area (Å²) < 4.78 is 39.3. The molecule has 1 aromatic carbocycles. The normalized spacial score (nSPS) is 12.1. The van der Waals surface area contributed by atoms with Crippen LogP contribution in [0.2, 0.25) is 0 Å². The Morgan fingerprint density at radius 1 is 1.16 bits per heavy atom. The van der Waals surface area contributed by atoms with E-state index in [9.17, 15) is 13.2 Å². The van der Waals surface area contributed by atoms with Gasteiger partial charge in [0.15, 0.2) is 0 Å². The van der Waals surface area contributed by atoms with Gasteiger partial charge in [-0.1, -0.05) is 26.0 Å². The van der Waals surface area contributed by atoms with Crippen LogP contribution in [0, 0.1) is 0 Å². The molecule has 1 heterocycles. The maximum Gasteiger partial charge on any atom is 0.433 e. The van der Waals surface area contributed by atoms with Crippen LogP contribution in [0.1, 0.15) is 31.0 Å². The van der Waals surface area contributed by atoms with Gasteiger partial charge in [0.2, 0.25) is 0 Å². The van der Waals surface area contributed by atoms with E-state index in [-0.39, 0.29) is 5.82 Å². The van der Waals surface area contributed by atoms with Crippen molar-refractivity contribution < 1.29 is 13.2 Å². The number of hydrogen-bond donors (Lipinski definition) is 1. The first-order chi connectivity index (χ1) is 8.79. The number of alkyl halides is 3. The summed E-state index contributed by atoms with van der Waals surface area (Å²) in [7, 11) is 0. The molecule has 19 heavy (non-hydrogen) atoms. The van der Waals surface area contributed by atoms with E-state index in [0.29, 0.717) is 11.6 Å². The molecule has 0 aliphatic rings. The maximum atomic E-state index is 12.8. The number of nitrogen functional groups attached to an aromatic ring is 1. The Bertz CT molecular complexity index is 568. The lowest BCUT2D eigenvalue weighted by Gasteiger charge is -2.11. The molecule has 0 spiro atoms. The quantitative estimate of drug-likeness (QED) is 0.905. The number of halogens is 3. The third-order valence-corrected chi connectivity index (χ3v) is 2.82. The molecule has 3 nitrogen and oxygen atoms in total. The molecule has 0 saturated carbocycles. The van der Waals surface area contributed by atoms with Crippen molar-refractivity contribution in [1.29, 1.82) is 0 Å². The molecule has 2 aromatic rings. The first kappa shape index (κ1) is 13.5. The molecule has 0 radical (unpaired) electrons. The molecule has 0 unspecified atom stereocenters. The number of anilines is 1. The van der Waals surface area contributed by atoms with Gasteiger partial charge in [0, 0.05) is 6.07 Å². The number of benzene rings is 1. The molecule has 102 valence electrons. The minimum atomic E-state index is -4.48. The van der Waals surface area contributed by atoms with Gasteiger partial charge in [-0.3, -0.25) is 0 Å². The van der Waals surface area contributed by atoms with Crippen LogP contribution in [-0.2, 0) is 6.18 Å². The Kier molecular flexibility index (Phi) is 3.26. The van der Waals surface area contributed by atoms with E-state index in [0.717, 1.165) is 16.3 Å². The van der Waals surface area contributed by atoms with E-state index in [1.54, 1.807) is 24.3 Å². The average molecular weight is 269 g/mol. The summed E-state index contributed by atoms with van der Waals surface area (Å²) in [4.78, 5) is 0. The van der Waals surface area contributed by atoms with Crippen molar-refractivity contribution in [3.63, 3.8) is 0 Å². The van der Waals surface area contributed by atoms with Gasteiger partial charge in [0.1, 0.15) is 11.5 Å². The molecule has 0 aliphatic heterocycles. The Morgan fingerprint density at radius 3 is 2.21 bits per heavy atom. The molecule has 0 saturated heterocycles. The van der Waals surface area contributed by atoms with E-state index < -0.39 is 11.9 Å². The van der Waals surface area contributed by atoms with Crippen LogP contribution in [0.25, 0.3) is 5.69 Å². The summed E-state index contributed by atoms with van der Waals surface area (Å²) >= 11 is 0. The van der Waals surface area contributed by atoms with Crippen molar-refractivity contribution >= 4 is 5.82 Å². The molecule has 0 bridgehead atoms.